The predicted molar refractivity (Wildman–Crippen MR) is 433 cm³/mol. The number of hydrogen-bond acceptors (Lipinski definition) is 5. The van der Waals surface area contributed by atoms with Gasteiger partial charge in [0.1, 0.15) is 0 Å². The Morgan fingerprint density at radius 1 is 0.317 bits per heavy atom. The zero-order valence-corrected chi connectivity index (χ0v) is 58.5. The van der Waals surface area contributed by atoms with Crippen molar-refractivity contribution in [2.24, 2.45) is 0 Å². The van der Waals surface area contributed by atoms with Gasteiger partial charge in [-0.3, -0.25) is 0 Å². The number of nitriles is 1. The lowest BCUT2D eigenvalue weighted by Crippen LogP contribution is -2.61. The van der Waals surface area contributed by atoms with Crippen LogP contribution in [0.2, 0.25) is 0 Å². The number of fused-ring (bicyclic) bond motifs is 17. The van der Waals surface area contributed by atoms with Crippen LogP contribution in [0.1, 0.15) is 58.2 Å². The van der Waals surface area contributed by atoms with E-state index in [1.807, 2.05) is 28.7 Å². The van der Waals surface area contributed by atoms with Gasteiger partial charge in [0.2, 0.25) is 0 Å². The monoisotopic (exact) mass is 1330 g/mol. The van der Waals surface area contributed by atoms with E-state index in [-0.39, 0.29) is 17.5 Å². The van der Waals surface area contributed by atoms with Crippen LogP contribution in [0, 0.1) is 11.3 Å². The van der Waals surface area contributed by atoms with Crippen LogP contribution in [0.25, 0.3) is 129 Å². The second-order valence-electron chi connectivity index (χ2n) is 29.5. The first kappa shape index (κ1) is 59.3. The number of nitrogens with zero attached hydrogens (tertiary/aromatic N) is 5. The summed E-state index contributed by atoms with van der Waals surface area (Å²) in [6.45, 7) is 13.7. The second-order valence-corrected chi connectivity index (χ2v) is 31.7. The van der Waals surface area contributed by atoms with E-state index in [9.17, 15) is 5.26 Å². The van der Waals surface area contributed by atoms with Crippen LogP contribution in [-0.4, -0.2) is 15.8 Å². The first-order valence-electron chi connectivity index (χ1n) is 35.0. The fourth-order valence-corrected chi connectivity index (χ4v) is 19.0. The van der Waals surface area contributed by atoms with Gasteiger partial charge in [0.05, 0.1) is 45.1 Å². The topological polar surface area (TPSA) is 40.1 Å². The molecule has 0 bridgehead atoms. The molecular weight excluding hydrogens is 1260 g/mol. The fraction of sp³-hybridized carbons (Fsp3) is 0.0860. The van der Waals surface area contributed by atoms with E-state index in [0.29, 0.717) is 5.56 Å². The highest BCUT2D eigenvalue weighted by molar-refractivity contribution is 7.28. The number of aromatic nitrogens is 2. The van der Waals surface area contributed by atoms with Gasteiger partial charge in [-0.05, 0) is 188 Å². The summed E-state index contributed by atoms with van der Waals surface area (Å²) in [5, 5.41) is 20.2. The lowest BCUT2D eigenvalue weighted by molar-refractivity contribution is 0.590. The molecule has 8 heteroatoms. The van der Waals surface area contributed by atoms with Gasteiger partial charge in [-0.15, -0.1) is 22.7 Å². The predicted octanol–water partition coefficient (Wildman–Crippen LogP) is 24.2. The Balaban J connectivity index is 0.948. The van der Waals surface area contributed by atoms with Crippen LogP contribution in [0.3, 0.4) is 0 Å². The van der Waals surface area contributed by atoms with E-state index in [1.165, 1.54) is 78.6 Å². The Hall–Kier alpha value is -11.7. The lowest BCUT2D eigenvalue weighted by atomic mass is 9.33. The van der Waals surface area contributed by atoms with Crippen molar-refractivity contribution in [1.29, 1.82) is 5.26 Å². The molecule has 5 nitrogen and oxygen atoms in total. The van der Waals surface area contributed by atoms with Crippen LogP contribution < -0.4 is 26.2 Å². The molecule has 6 heterocycles. The van der Waals surface area contributed by atoms with Crippen molar-refractivity contribution in [3.8, 4) is 50.8 Å². The van der Waals surface area contributed by atoms with Crippen LogP contribution in [0.5, 0.6) is 0 Å². The van der Waals surface area contributed by atoms with Crippen LogP contribution in [0.15, 0.2) is 291 Å². The molecule has 0 atom stereocenters. The first-order chi connectivity index (χ1) is 49.3. The molecule has 0 unspecified atom stereocenters. The van der Waals surface area contributed by atoms with Crippen molar-refractivity contribution in [3.05, 3.63) is 308 Å². The number of rotatable bonds is 7. The average Bonchev–Trinajstić information content (AvgIpc) is 1.41. The largest absolute Gasteiger partial charge is 0.311 e. The molecule has 2 aliphatic rings. The highest BCUT2D eigenvalue weighted by Gasteiger charge is 2.45. The molecule has 20 rings (SSSR count). The Bertz CT molecular complexity index is 6530. The smallest absolute Gasteiger partial charge is 0.252 e. The minimum Gasteiger partial charge on any atom is -0.311 e. The summed E-state index contributed by atoms with van der Waals surface area (Å²) in [6.07, 6.45) is 0. The van der Waals surface area contributed by atoms with Gasteiger partial charge in [0.25, 0.3) is 6.71 Å². The molecule has 478 valence electrons. The Morgan fingerprint density at radius 3 is 1.28 bits per heavy atom. The number of benzene rings is 14. The van der Waals surface area contributed by atoms with E-state index in [2.05, 4.69) is 352 Å². The van der Waals surface area contributed by atoms with Crippen molar-refractivity contribution >= 4 is 164 Å². The maximum Gasteiger partial charge on any atom is 0.252 e. The van der Waals surface area contributed by atoms with Gasteiger partial charge < -0.3 is 18.9 Å². The van der Waals surface area contributed by atoms with Gasteiger partial charge in [0, 0.05) is 107 Å². The summed E-state index contributed by atoms with van der Waals surface area (Å²) in [5.41, 5.74) is 26.6. The van der Waals surface area contributed by atoms with Gasteiger partial charge in [-0.1, -0.05) is 205 Å². The molecule has 2 aliphatic heterocycles. The molecule has 0 fully saturated rings. The summed E-state index contributed by atoms with van der Waals surface area (Å²) in [5.74, 6) is 0. The summed E-state index contributed by atoms with van der Waals surface area (Å²) < 4.78 is 10.1. The number of thiophene rings is 2. The molecular formula is C93H66BN5S2. The van der Waals surface area contributed by atoms with E-state index < -0.39 is 0 Å². The zero-order chi connectivity index (χ0) is 67.7. The first-order valence-corrected chi connectivity index (χ1v) is 36.6. The molecule has 0 aliphatic carbocycles. The third kappa shape index (κ3) is 9.06. The van der Waals surface area contributed by atoms with Gasteiger partial charge in [0.15, 0.2) is 0 Å². The van der Waals surface area contributed by atoms with E-state index in [4.69, 9.17) is 0 Å². The van der Waals surface area contributed by atoms with Crippen molar-refractivity contribution in [2.45, 2.75) is 52.4 Å². The van der Waals surface area contributed by atoms with E-state index in [0.717, 1.165) is 112 Å². The van der Waals surface area contributed by atoms with Crippen LogP contribution in [-0.2, 0) is 10.8 Å². The minimum atomic E-state index is -0.240. The highest BCUT2D eigenvalue weighted by Crippen LogP contribution is 2.53. The third-order valence-corrected chi connectivity index (χ3v) is 23.9. The quantitative estimate of drug-likeness (QED) is 0.149. The van der Waals surface area contributed by atoms with Crippen molar-refractivity contribution < 1.29 is 0 Å². The molecule has 0 radical (unpaired) electrons. The summed E-state index contributed by atoms with van der Waals surface area (Å²) >= 11 is 3.78. The Kier molecular flexibility index (Phi) is 13.0. The maximum absolute atomic E-state index is 10.4. The van der Waals surface area contributed by atoms with Gasteiger partial charge in [-0.25, -0.2) is 0 Å². The molecule has 101 heavy (non-hydrogen) atoms. The van der Waals surface area contributed by atoms with Gasteiger partial charge in [-0.2, -0.15) is 5.26 Å². The number of para-hydroxylation sites is 3. The molecule has 0 amide bonds. The number of anilines is 6. The second kappa shape index (κ2) is 22.1. The SMILES string of the molecule is CC(C)(C)c1ccc(N2c3cc(-n4c5ccccc5c5ccccc54)ccc3B3c4ccc(-n5c6ccccc6c6cc(C#N)ccc65)cc4N(c4ccc(C(C)(C)C)cc4-c4ccccc4)c4cc(-c5ccc6sc7ccc8sc9ccccc9c8c7c6c5)cc2c43)c(-c2ccccc2)c1. The highest BCUT2D eigenvalue weighted by atomic mass is 32.1. The molecule has 18 aromatic rings. The van der Waals surface area contributed by atoms with Crippen molar-refractivity contribution in [3.63, 3.8) is 0 Å². The van der Waals surface area contributed by atoms with Crippen LogP contribution >= 0.6 is 22.7 Å². The Labute approximate surface area is 595 Å². The lowest BCUT2D eigenvalue weighted by Gasteiger charge is -2.45. The van der Waals surface area contributed by atoms with Gasteiger partial charge >= 0.3 is 0 Å². The molecule has 0 saturated carbocycles. The molecule has 0 spiro atoms. The van der Waals surface area contributed by atoms with Crippen LogP contribution in [0.4, 0.5) is 34.1 Å². The maximum atomic E-state index is 10.4. The zero-order valence-electron chi connectivity index (χ0n) is 56.8. The standard InChI is InChI=1S/C93H66BN5S2/c1-92(2,3)61-35-42-78(69(51-61)57-21-9-7-10-22-57)98-81-53-63(96-75-29-17-13-25-65(75)66-26-14-18-30-76(66)96)37-39-73(81)94-74-40-38-64(97-77-31-19-15-27-67(77)71-47-56(55-95)33-41-80(71)97)54-82(74)99(79-43-36-62(93(4,5)6)52-70(79)58-23-11-8-12-24-58)84-50-60(49-83(98)91(84)94)59-34-44-86-72(48-59)90-88(101-86)46-45-87-89(90)68-28-16-20-32-85(68)100-87/h7-54H,1-6H3. The third-order valence-electron chi connectivity index (χ3n) is 21.6. The Morgan fingerprint density at radius 2 is 0.762 bits per heavy atom. The molecule has 0 N–H and O–H groups in total. The summed E-state index contributed by atoms with van der Waals surface area (Å²) in [6, 6.07) is 112. The normalized spacial score (nSPS) is 13.0. The average molecular weight is 1330 g/mol. The van der Waals surface area contributed by atoms with E-state index in [1.54, 1.807) is 0 Å². The number of hydrogen-bond donors (Lipinski definition) is 0. The van der Waals surface area contributed by atoms with Crippen molar-refractivity contribution in [1.82, 2.24) is 9.13 Å². The van der Waals surface area contributed by atoms with E-state index >= 15 is 0 Å². The fourth-order valence-electron chi connectivity index (χ4n) is 16.8. The summed E-state index contributed by atoms with van der Waals surface area (Å²) in [7, 11) is 0. The summed E-state index contributed by atoms with van der Waals surface area (Å²) in [4.78, 5) is 5.30. The molecule has 14 aromatic carbocycles. The molecule has 0 saturated heterocycles. The minimum absolute atomic E-state index is 0.137. The molecule has 4 aromatic heterocycles. The van der Waals surface area contributed by atoms with Crippen molar-refractivity contribution in [2.75, 3.05) is 9.80 Å².